The zero-order valence-corrected chi connectivity index (χ0v) is 9.03. The van der Waals surface area contributed by atoms with Crippen LogP contribution in [0.4, 0.5) is 0 Å². The molecular weight excluding hydrogens is 190 g/mol. The van der Waals surface area contributed by atoms with E-state index in [4.69, 9.17) is 4.42 Å². The summed E-state index contributed by atoms with van der Waals surface area (Å²) in [4.78, 5) is 0. The van der Waals surface area contributed by atoms with E-state index in [0.29, 0.717) is 0 Å². The third-order valence-electron chi connectivity index (χ3n) is 2.34. The second kappa shape index (κ2) is 4.31. The van der Waals surface area contributed by atoms with Gasteiger partial charge in [-0.25, -0.2) is 0 Å². The molecule has 0 amide bonds. The third-order valence-corrected chi connectivity index (χ3v) is 2.34. The molecule has 1 N–H and O–H groups in total. The van der Waals surface area contributed by atoms with Crippen LogP contribution in [0, 0.1) is 6.92 Å². The Morgan fingerprint density at radius 2 is 2.33 bits per heavy atom. The number of nitrogens with zero attached hydrogens (tertiary/aromatic N) is 2. The fraction of sp³-hybridized carbons (Fsp3) is 0.364. The van der Waals surface area contributed by atoms with Crippen molar-refractivity contribution in [2.45, 2.75) is 20.0 Å². The van der Waals surface area contributed by atoms with Crippen molar-refractivity contribution in [1.29, 1.82) is 0 Å². The standard InChI is InChI=1S/C11H15N3O/c1-9-11(7-14(2)13-9)6-12-5-10-3-4-15-8-10/h3-4,7-8,12H,5-6H2,1-2H3. The first-order valence-electron chi connectivity index (χ1n) is 4.96. The maximum Gasteiger partial charge on any atom is 0.0947 e. The Kier molecular flexibility index (Phi) is 2.87. The van der Waals surface area contributed by atoms with Crippen molar-refractivity contribution < 1.29 is 4.42 Å². The molecule has 4 nitrogen and oxygen atoms in total. The van der Waals surface area contributed by atoms with Gasteiger partial charge in [0, 0.05) is 37.5 Å². The smallest absolute Gasteiger partial charge is 0.0947 e. The molecule has 80 valence electrons. The minimum absolute atomic E-state index is 0.824. The molecule has 0 aromatic carbocycles. The molecule has 4 heteroatoms. The second-order valence-corrected chi connectivity index (χ2v) is 3.65. The van der Waals surface area contributed by atoms with Crippen molar-refractivity contribution in [2.75, 3.05) is 0 Å². The summed E-state index contributed by atoms with van der Waals surface area (Å²) < 4.78 is 6.83. The van der Waals surface area contributed by atoms with Crippen LogP contribution in [0.15, 0.2) is 29.2 Å². The Hall–Kier alpha value is -1.55. The average Bonchev–Trinajstić information content (AvgIpc) is 2.77. The van der Waals surface area contributed by atoms with Gasteiger partial charge < -0.3 is 9.73 Å². The van der Waals surface area contributed by atoms with Crippen LogP contribution >= 0.6 is 0 Å². The Balaban J connectivity index is 1.86. The molecule has 0 spiro atoms. The number of nitrogens with one attached hydrogen (secondary N) is 1. The Labute approximate surface area is 88.9 Å². The summed E-state index contributed by atoms with van der Waals surface area (Å²) in [6, 6.07) is 1.96. The maximum atomic E-state index is 4.99. The lowest BCUT2D eigenvalue weighted by Crippen LogP contribution is -2.12. The summed E-state index contributed by atoms with van der Waals surface area (Å²) in [5.74, 6) is 0. The van der Waals surface area contributed by atoms with Crippen molar-refractivity contribution in [3.8, 4) is 0 Å². The lowest BCUT2D eigenvalue weighted by Gasteiger charge is -2.00. The number of furan rings is 1. The van der Waals surface area contributed by atoms with Crippen LogP contribution in [0.25, 0.3) is 0 Å². The first-order valence-corrected chi connectivity index (χ1v) is 4.96. The van der Waals surface area contributed by atoms with Gasteiger partial charge in [-0.15, -0.1) is 0 Å². The van der Waals surface area contributed by atoms with Gasteiger partial charge in [0.25, 0.3) is 0 Å². The van der Waals surface area contributed by atoms with Crippen molar-refractivity contribution >= 4 is 0 Å². The maximum absolute atomic E-state index is 4.99. The second-order valence-electron chi connectivity index (χ2n) is 3.65. The molecule has 2 heterocycles. The minimum Gasteiger partial charge on any atom is -0.472 e. The van der Waals surface area contributed by atoms with Gasteiger partial charge in [0.2, 0.25) is 0 Å². The molecule has 0 fully saturated rings. The lowest BCUT2D eigenvalue weighted by atomic mass is 10.2. The molecular formula is C11H15N3O. The van der Waals surface area contributed by atoms with Crippen LogP contribution in [-0.2, 0) is 20.1 Å². The zero-order chi connectivity index (χ0) is 10.7. The largest absolute Gasteiger partial charge is 0.472 e. The Morgan fingerprint density at radius 3 is 2.93 bits per heavy atom. The predicted octanol–water partition coefficient (Wildman–Crippen LogP) is 1.61. The van der Waals surface area contributed by atoms with Crippen molar-refractivity contribution in [3.63, 3.8) is 0 Å². The molecule has 0 aliphatic heterocycles. The summed E-state index contributed by atoms with van der Waals surface area (Å²) in [5, 5.41) is 7.63. The van der Waals surface area contributed by atoms with E-state index >= 15 is 0 Å². The van der Waals surface area contributed by atoms with Gasteiger partial charge in [0.05, 0.1) is 18.2 Å². The molecule has 2 aromatic rings. The first-order chi connectivity index (χ1) is 7.25. The number of aryl methyl sites for hydroxylation is 2. The van der Waals surface area contributed by atoms with Crippen molar-refractivity contribution in [2.24, 2.45) is 7.05 Å². The highest BCUT2D eigenvalue weighted by atomic mass is 16.3. The number of rotatable bonds is 4. The van der Waals surface area contributed by atoms with E-state index in [-0.39, 0.29) is 0 Å². The minimum atomic E-state index is 0.824. The molecule has 15 heavy (non-hydrogen) atoms. The van der Waals surface area contributed by atoms with E-state index in [2.05, 4.69) is 10.4 Å². The molecule has 0 saturated heterocycles. The Morgan fingerprint density at radius 1 is 1.47 bits per heavy atom. The molecule has 0 bridgehead atoms. The van der Waals surface area contributed by atoms with Gasteiger partial charge >= 0.3 is 0 Å². The van der Waals surface area contributed by atoms with E-state index in [0.717, 1.165) is 24.3 Å². The third kappa shape index (κ3) is 2.47. The van der Waals surface area contributed by atoms with Gasteiger partial charge in [-0.2, -0.15) is 5.10 Å². The lowest BCUT2D eigenvalue weighted by molar-refractivity contribution is 0.560. The van der Waals surface area contributed by atoms with Gasteiger partial charge in [-0.3, -0.25) is 4.68 Å². The Bertz CT molecular complexity index is 417. The van der Waals surface area contributed by atoms with Crippen molar-refractivity contribution in [1.82, 2.24) is 15.1 Å². The molecule has 2 rings (SSSR count). The molecule has 0 radical (unpaired) electrons. The van der Waals surface area contributed by atoms with Gasteiger partial charge in [0.1, 0.15) is 0 Å². The summed E-state index contributed by atoms with van der Waals surface area (Å²) in [5.41, 5.74) is 3.48. The molecule has 0 aliphatic rings. The zero-order valence-electron chi connectivity index (χ0n) is 9.03. The molecule has 0 atom stereocenters. The number of aromatic nitrogens is 2. The highest BCUT2D eigenvalue weighted by Crippen LogP contribution is 2.05. The topological polar surface area (TPSA) is 43.0 Å². The van der Waals surface area contributed by atoms with Crippen LogP contribution in [0.5, 0.6) is 0 Å². The monoisotopic (exact) mass is 205 g/mol. The van der Waals surface area contributed by atoms with Gasteiger partial charge in [-0.05, 0) is 13.0 Å². The van der Waals surface area contributed by atoms with E-state index in [1.54, 1.807) is 12.5 Å². The normalized spacial score (nSPS) is 10.8. The average molecular weight is 205 g/mol. The number of hydrogen-bond acceptors (Lipinski definition) is 3. The van der Waals surface area contributed by atoms with Crippen LogP contribution in [0.2, 0.25) is 0 Å². The molecule has 0 unspecified atom stereocenters. The van der Waals surface area contributed by atoms with E-state index in [1.807, 2.05) is 30.9 Å². The van der Waals surface area contributed by atoms with Crippen LogP contribution in [0.1, 0.15) is 16.8 Å². The van der Waals surface area contributed by atoms with Crippen LogP contribution < -0.4 is 5.32 Å². The summed E-state index contributed by atoms with van der Waals surface area (Å²) in [6.45, 7) is 3.69. The first kappa shape index (κ1) is 9.98. The highest BCUT2D eigenvalue weighted by molar-refractivity contribution is 5.15. The molecule has 2 aromatic heterocycles. The summed E-state index contributed by atoms with van der Waals surface area (Å²) in [7, 11) is 1.94. The van der Waals surface area contributed by atoms with Crippen molar-refractivity contribution in [3.05, 3.63) is 41.6 Å². The molecule has 0 aliphatic carbocycles. The van der Waals surface area contributed by atoms with Crippen LogP contribution in [-0.4, -0.2) is 9.78 Å². The molecule has 0 saturated carbocycles. The SMILES string of the molecule is Cc1nn(C)cc1CNCc1ccoc1. The summed E-state index contributed by atoms with van der Waals surface area (Å²) in [6.07, 6.45) is 5.48. The quantitative estimate of drug-likeness (QED) is 0.824. The van der Waals surface area contributed by atoms with Gasteiger partial charge in [-0.1, -0.05) is 0 Å². The van der Waals surface area contributed by atoms with E-state index in [1.165, 1.54) is 5.56 Å². The van der Waals surface area contributed by atoms with Crippen LogP contribution in [0.3, 0.4) is 0 Å². The van der Waals surface area contributed by atoms with E-state index < -0.39 is 0 Å². The highest BCUT2D eigenvalue weighted by Gasteiger charge is 2.02. The predicted molar refractivity (Wildman–Crippen MR) is 57.2 cm³/mol. The fourth-order valence-corrected chi connectivity index (χ4v) is 1.56. The summed E-state index contributed by atoms with van der Waals surface area (Å²) >= 11 is 0. The van der Waals surface area contributed by atoms with E-state index in [9.17, 15) is 0 Å². The fourth-order valence-electron chi connectivity index (χ4n) is 1.56. The number of hydrogen-bond donors (Lipinski definition) is 1. The van der Waals surface area contributed by atoms with Gasteiger partial charge in [0.15, 0.2) is 0 Å².